The number of hydrogen-bond acceptors (Lipinski definition) is 5. The highest BCUT2D eigenvalue weighted by molar-refractivity contribution is 7.90. The minimum Gasteiger partial charge on any atom is -0.368 e. The molecule has 3 aromatic rings. The van der Waals surface area contributed by atoms with Crippen LogP contribution in [0.3, 0.4) is 0 Å². The highest BCUT2D eigenvalue weighted by Gasteiger charge is 2.25. The number of carbonyl (C=O) groups is 1. The Balaban J connectivity index is 2.17. The monoisotopic (exact) mass is 379 g/mol. The molecule has 0 atom stereocenters. The van der Waals surface area contributed by atoms with Crippen LogP contribution in [-0.4, -0.2) is 28.4 Å². The summed E-state index contributed by atoms with van der Waals surface area (Å²) in [7, 11) is -3.80. The minimum atomic E-state index is -3.80. The fraction of sp³-hybridized carbons (Fsp3) is 0.176. The highest BCUT2D eigenvalue weighted by Crippen LogP contribution is 2.25. The largest absolute Gasteiger partial charge is 0.368 e. The van der Waals surface area contributed by atoms with Gasteiger partial charge in [0.15, 0.2) is 17.4 Å². The van der Waals surface area contributed by atoms with Crippen molar-refractivity contribution in [1.29, 1.82) is 0 Å². The molecule has 0 saturated heterocycles. The van der Waals surface area contributed by atoms with Crippen LogP contribution in [0.5, 0.6) is 0 Å². The first-order valence-electron chi connectivity index (χ1n) is 7.65. The topological polar surface area (TPSA) is 95.1 Å². The lowest BCUT2D eigenvalue weighted by Crippen LogP contribution is -2.23. The van der Waals surface area contributed by atoms with E-state index < -0.39 is 32.7 Å². The maximum atomic E-state index is 13.4. The lowest BCUT2D eigenvalue weighted by Gasteiger charge is -2.11. The van der Waals surface area contributed by atoms with Gasteiger partial charge < -0.3 is 5.73 Å². The van der Waals surface area contributed by atoms with E-state index in [2.05, 4.69) is 4.98 Å². The summed E-state index contributed by atoms with van der Waals surface area (Å²) in [6.07, 6.45) is 0. The average molecular weight is 379 g/mol. The molecule has 6 nitrogen and oxygen atoms in total. The van der Waals surface area contributed by atoms with Crippen LogP contribution < -0.4 is 5.73 Å². The van der Waals surface area contributed by atoms with E-state index in [0.29, 0.717) is 5.52 Å². The van der Waals surface area contributed by atoms with Crippen LogP contribution >= 0.6 is 0 Å². The van der Waals surface area contributed by atoms with Gasteiger partial charge in [-0.3, -0.25) is 4.79 Å². The Labute approximate surface area is 148 Å². The van der Waals surface area contributed by atoms with Crippen molar-refractivity contribution in [3.8, 4) is 0 Å². The Kier molecular flexibility index (Phi) is 4.27. The van der Waals surface area contributed by atoms with Gasteiger partial charge in [-0.1, -0.05) is 0 Å². The first-order chi connectivity index (χ1) is 12.1. The summed E-state index contributed by atoms with van der Waals surface area (Å²) in [6, 6.07) is 6.99. The molecule has 0 aliphatic carbocycles. The number of fused-ring (bicyclic) bond motifs is 1. The maximum absolute atomic E-state index is 13.4. The molecular weight excluding hydrogens is 364 g/mol. The van der Waals surface area contributed by atoms with Gasteiger partial charge in [0.05, 0.1) is 16.3 Å². The second kappa shape index (κ2) is 6.17. The summed E-state index contributed by atoms with van der Waals surface area (Å²) in [5.74, 6) is -3.01. The van der Waals surface area contributed by atoms with E-state index in [-0.39, 0.29) is 22.6 Å². The molecule has 1 aromatic heterocycles. The van der Waals surface area contributed by atoms with Gasteiger partial charge in [0.1, 0.15) is 0 Å². The molecular formula is C17H15F2N3O3S. The Hall–Kier alpha value is -2.81. The van der Waals surface area contributed by atoms with Crippen LogP contribution in [0.4, 0.5) is 14.7 Å². The van der Waals surface area contributed by atoms with Crippen LogP contribution in [-0.2, 0) is 10.0 Å². The van der Waals surface area contributed by atoms with Gasteiger partial charge in [-0.25, -0.2) is 26.2 Å². The number of nitrogen functional groups attached to an aromatic ring is 1. The second-order valence-corrected chi connectivity index (χ2v) is 8.33. The zero-order valence-electron chi connectivity index (χ0n) is 13.9. The first kappa shape index (κ1) is 18.0. The number of anilines is 1. The third-order valence-electron chi connectivity index (χ3n) is 3.93. The maximum Gasteiger partial charge on any atom is 0.244 e. The summed E-state index contributed by atoms with van der Waals surface area (Å²) in [4.78, 5) is 16.6. The summed E-state index contributed by atoms with van der Waals surface area (Å²) in [5, 5.41) is -0.757. The van der Waals surface area contributed by atoms with Crippen LogP contribution in [0.25, 0.3) is 11.0 Å². The summed E-state index contributed by atoms with van der Waals surface area (Å²) >= 11 is 0. The third kappa shape index (κ3) is 2.84. The number of nitrogens with two attached hydrogens (primary N) is 1. The number of rotatable bonds is 4. The van der Waals surface area contributed by atoms with E-state index >= 15 is 0 Å². The number of carbonyl (C=O) groups excluding carboxylic acids is 1. The molecule has 0 fully saturated rings. The highest BCUT2D eigenvalue weighted by atomic mass is 32.2. The Morgan fingerprint density at radius 1 is 1.08 bits per heavy atom. The predicted octanol–water partition coefficient (Wildman–Crippen LogP) is 2.71. The van der Waals surface area contributed by atoms with Crippen molar-refractivity contribution in [3.05, 3.63) is 59.2 Å². The minimum absolute atomic E-state index is 0.0611. The number of nitrogens with zero attached hydrogens (tertiary/aromatic N) is 2. The third-order valence-corrected chi connectivity index (χ3v) is 6.02. The van der Waals surface area contributed by atoms with Gasteiger partial charge in [-0.05, 0) is 50.2 Å². The molecule has 0 radical (unpaired) electrons. The predicted molar refractivity (Wildman–Crippen MR) is 93.4 cm³/mol. The first-order valence-corrected chi connectivity index (χ1v) is 9.15. The van der Waals surface area contributed by atoms with E-state index in [1.165, 1.54) is 32.0 Å². The number of halogens is 2. The second-order valence-electron chi connectivity index (χ2n) is 5.99. The fourth-order valence-electron chi connectivity index (χ4n) is 2.50. The quantitative estimate of drug-likeness (QED) is 0.703. The average Bonchev–Trinajstić information content (AvgIpc) is 2.91. The molecule has 9 heteroatoms. The zero-order valence-corrected chi connectivity index (χ0v) is 14.7. The molecule has 26 heavy (non-hydrogen) atoms. The molecule has 3 rings (SSSR count). The number of benzene rings is 2. The number of aromatic nitrogens is 2. The van der Waals surface area contributed by atoms with Crippen molar-refractivity contribution in [1.82, 2.24) is 8.96 Å². The molecule has 0 aliphatic rings. The van der Waals surface area contributed by atoms with Crippen LogP contribution in [0.15, 0.2) is 36.4 Å². The van der Waals surface area contributed by atoms with Crippen LogP contribution in [0.1, 0.15) is 29.8 Å². The molecule has 0 aliphatic heterocycles. The Morgan fingerprint density at radius 2 is 1.69 bits per heavy atom. The van der Waals surface area contributed by atoms with Crippen molar-refractivity contribution in [2.45, 2.75) is 19.1 Å². The molecule has 2 N–H and O–H groups in total. The van der Waals surface area contributed by atoms with Crippen molar-refractivity contribution >= 4 is 32.8 Å². The smallest absolute Gasteiger partial charge is 0.244 e. The number of imidazole rings is 1. The lowest BCUT2D eigenvalue weighted by atomic mass is 10.0. The molecule has 1 heterocycles. The Morgan fingerprint density at radius 3 is 2.31 bits per heavy atom. The van der Waals surface area contributed by atoms with Crippen molar-refractivity contribution in [2.75, 3.05) is 5.73 Å². The number of ketones is 1. The van der Waals surface area contributed by atoms with E-state index in [9.17, 15) is 22.0 Å². The zero-order chi connectivity index (χ0) is 19.2. The SMILES string of the molecule is CC(C)S(=O)(=O)n1c(N)nc2ccc(C(=O)c3ccc(F)c(F)c3)cc21. The molecule has 0 unspecified atom stereocenters. The van der Waals surface area contributed by atoms with Crippen molar-refractivity contribution < 1.29 is 22.0 Å². The fourth-order valence-corrected chi connectivity index (χ4v) is 3.64. The van der Waals surface area contributed by atoms with Gasteiger partial charge in [-0.15, -0.1) is 0 Å². The van der Waals surface area contributed by atoms with Gasteiger partial charge in [0, 0.05) is 11.1 Å². The summed E-state index contributed by atoms with van der Waals surface area (Å²) in [6.45, 7) is 2.99. The van der Waals surface area contributed by atoms with Crippen LogP contribution in [0, 0.1) is 11.6 Å². The van der Waals surface area contributed by atoms with E-state index in [0.717, 1.165) is 22.2 Å². The normalized spacial score (nSPS) is 12.0. The molecule has 0 bridgehead atoms. The van der Waals surface area contributed by atoms with Gasteiger partial charge in [0.25, 0.3) is 0 Å². The lowest BCUT2D eigenvalue weighted by molar-refractivity contribution is 0.103. The summed E-state index contributed by atoms with van der Waals surface area (Å²) < 4.78 is 52.4. The molecule has 0 spiro atoms. The van der Waals surface area contributed by atoms with Gasteiger partial charge >= 0.3 is 0 Å². The number of hydrogen-bond donors (Lipinski definition) is 1. The van der Waals surface area contributed by atoms with Crippen molar-refractivity contribution in [2.24, 2.45) is 0 Å². The van der Waals surface area contributed by atoms with Gasteiger partial charge in [0.2, 0.25) is 16.0 Å². The Bertz CT molecular complexity index is 1140. The van der Waals surface area contributed by atoms with E-state index in [4.69, 9.17) is 5.73 Å². The standard InChI is InChI=1S/C17H15F2N3O3S/c1-9(2)26(24,25)22-15-8-11(4-6-14(15)21-17(22)20)16(23)10-3-5-12(18)13(19)7-10/h3-9H,1-2H3,(H2,20,21). The van der Waals surface area contributed by atoms with Crippen molar-refractivity contribution in [3.63, 3.8) is 0 Å². The van der Waals surface area contributed by atoms with Crippen LogP contribution in [0.2, 0.25) is 0 Å². The molecule has 0 saturated carbocycles. The molecule has 2 aromatic carbocycles. The van der Waals surface area contributed by atoms with E-state index in [1.807, 2.05) is 0 Å². The summed E-state index contributed by atoms with van der Waals surface area (Å²) in [5.41, 5.74) is 6.23. The molecule has 0 amide bonds. The van der Waals surface area contributed by atoms with Gasteiger partial charge in [-0.2, -0.15) is 0 Å². The molecule has 136 valence electrons. The van der Waals surface area contributed by atoms with E-state index in [1.54, 1.807) is 0 Å².